The highest BCUT2D eigenvalue weighted by Crippen LogP contribution is 2.59. The molecule has 3 aliphatic carbocycles. The van der Waals surface area contributed by atoms with Crippen LogP contribution in [0.25, 0.3) is 0 Å². The minimum Gasteiger partial charge on any atom is -0.461 e. The number of allylic oxidation sites excluding steroid dienone is 1. The third-order valence-electron chi connectivity index (χ3n) is 6.81. The molecule has 1 fully saturated rings. The maximum atomic E-state index is 13.2. The van der Waals surface area contributed by atoms with Crippen LogP contribution in [0.15, 0.2) is 21.8 Å². The van der Waals surface area contributed by atoms with Gasteiger partial charge in [-0.3, -0.25) is 9.59 Å². The summed E-state index contributed by atoms with van der Waals surface area (Å²) in [5.74, 6) is -0.0722. The van der Waals surface area contributed by atoms with E-state index in [9.17, 15) is 14.4 Å². The summed E-state index contributed by atoms with van der Waals surface area (Å²) >= 11 is 0. The molecule has 0 radical (unpaired) electrons. The Balaban J connectivity index is 1.78. The van der Waals surface area contributed by atoms with Gasteiger partial charge in [0, 0.05) is 28.9 Å². The fourth-order valence-corrected chi connectivity index (χ4v) is 5.39. The van der Waals surface area contributed by atoms with Gasteiger partial charge in [0.15, 0.2) is 5.76 Å². The van der Waals surface area contributed by atoms with Crippen molar-refractivity contribution in [1.82, 2.24) is 0 Å². The maximum absolute atomic E-state index is 13.2. The molecule has 1 saturated carbocycles. The van der Waals surface area contributed by atoms with Crippen molar-refractivity contribution < 1.29 is 23.5 Å². The zero-order valence-corrected chi connectivity index (χ0v) is 13.7. The van der Waals surface area contributed by atoms with Crippen LogP contribution in [0, 0.1) is 11.3 Å². The summed E-state index contributed by atoms with van der Waals surface area (Å²) in [6.07, 6.45) is 4.05. The van der Waals surface area contributed by atoms with Crippen LogP contribution in [-0.4, -0.2) is 24.1 Å². The maximum Gasteiger partial charge on any atom is 0.341 e. The zero-order chi connectivity index (χ0) is 16.9. The molecule has 0 spiro atoms. The van der Waals surface area contributed by atoms with E-state index in [1.807, 2.05) is 13.8 Å². The van der Waals surface area contributed by atoms with Crippen LogP contribution in [0.1, 0.15) is 66.0 Å². The second-order valence-corrected chi connectivity index (χ2v) is 7.91. The predicted molar refractivity (Wildman–Crippen MR) is 82.8 cm³/mol. The number of cyclic esters (lactones) is 1. The number of hydrogen-bond donors (Lipinski definition) is 0. The smallest absolute Gasteiger partial charge is 0.341 e. The number of hydrogen-bond acceptors (Lipinski definition) is 5. The Morgan fingerprint density at radius 3 is 2.75 bits per heavy atom. The summed E-state index contributed by atoms with van der Waals surface area (Å²) in [5.41, 5.74) is 1.91. The van der Waals surface area contributed by atoms with Gasteiger partial charge >= 0.3 is 5.97 Å². The normalized spacial score (nSPS) is 37.1. The van der Waals surface area contributed by atoms with Crippen molar-refractivity contribution in [3.8, 4) is 0 Å². The first-order valence-electron chi connectivity index (χ1n) is 8.48. The first-order valence-corrected chi connectivity index (χ1v) is 8.48. The molecule has 2 heterocycles. The van der Waals surface area contributed by atoms with Crippen molar-refractivity contribution in [2.75, 3.05) is 6.61 Å². The Morgan fingerprint density at radius 1 is 1.17 bits per heavy atom. The number of rotatable bonds is 0. The van der Waals surface area contributed by atoms with E-state index in [1.165, 1.54) is 6.26 Å². The van der Waals surface area contributed by atoms with Crippen LogP contribution in [0.3, 0.4) is 0 Å². The lowest BCUT2D eigenvalue weighted by atomic mass is 9.56. The van der Waals surface area contributed by atoms with Gasteiger partial charge in [-0.15, -0.1) is 0 Å². The lowest BCUT2D eigenvalue weighted by Gasteiger charge is -2.46. The monoisotopic (exact) mass is 326 g/mol. The van der Waals surface area contributed by atoms with Crippen LogP contribution in [0.2, 0.25) is 0 Å². The molecule has 4 aliphatic rings. The number of esters is 1. The summed E-state index contributed by atoms with van der Waals surface area (Å²) in [6.45, 7) is 4.25. The standard InChI is InChI=1S/C19H18O5/c1-18-6-5-11-13(10(18)3-4-12(18)20)15(21)16-14-9(7-23-16)17(22)24-8-19(11,14)2/h7,10H,3-6,8H2,1-2H3. The Kier molecular flexibility index (Phi) is 2.41. The third-order valence-corrected chi connectivity index (χ3v) is 6.81. The molecule has 5 rings (SSSR count). The molecule has 0 bridgehead atoms. The van der Waals surface area contributed by atoms with E-state index in [1.54, 1.807) is 0 Å². The molecule has 1 aliphatic heterocycles. The second kappa shape index (κ2) is 4.08. The Bertz CT molecular complexity index is 872. The van der Waals surface area contributed by atoms with Crippen molar-refractivity contribution in [3.05, 3.63) is 34.3 Å². The lowest BCUT2D eigenvalue weighted by Crippen LogP contribution is -2.47. The molecule has 5 heteroatoms. The molecule has 1 aromatic heterocycles. The zero-order valence-electron chi connectivity index (χ0n) is 13.7. The molecule has 1 aromatic rings. The molecular weight excluding hydrogens is 308 g/mol. The highest BCUT2D eigenvalue weighted by Gasteiger charge is 2.58. The summed E-state index contributed by atoms with van der Waals surface area (Å²) in [5, 5.41) is 0. The quantitative estimate of drug-likeness (QED) is 0.685. The number of ether oxygens (including phenoxy) is 1. The molecule has 0 saturated heterocycles. The Hall–Kier alpha value is -2.17. The van der Waals surface area contributed by atoms with Crippen molar-refractivity contribution in [2.45, 2.75) is 44.9 Å². The highest BCUT2D eigenvalue weighted by atomic mass is 16.5. The minimum absolute atomic E-state index is 0.0441. The fraction of sp³-hybridized carbons (Fsp3) is 0.526. The molecule has 0 amide bonds. The average molecular weight is 326 g/mol. The Morgan fingerprint density at radius 2 is 1.96 bits per heavy atom. The van der Waals surface area contributed by atoms with Crippen LogP contribution >= 0.6 is 0 Å². The van der Waals surface area contributed by atoms with Crippen molar-refractivity contribution in [1.29, 1.82) is 0 Å². The van der Waals surface area contributed by atoms with E-state index in [4.69, 9.17) is 9.15 Å². The lowest BCUT2D eigenvalue weighted by molar-refractivity contribution is -0.126. The van der Waals surface area contributed by atoms with Gasteiger partial charge in [0.25, 0.3) is 0 Å². The van der Waals surface area contributed by atoms with E-state index in [0.717, 1.165) is 24.0 Å². The van der Waals surface area contributed by atoms with Crippen molar-refractivity contribution in [2.24, 2.45) is 11.3 Å². The summed E-state index contributed by atoms with van der Waals surface area (Å²) < 4.78 is 10.9. The first-order chi connectivity index (χ1) is 11.4. The Labute approximate surface area is 139 Å². The van der Waals surface area contributed by atoms with Crippen molar-refractivity contribution >= 4 is 17.5 Å². The number of ketones is 2. The van der Waals surface area contributed by atoms with E-state index >= 15 is 0 Å². The molecule has 124 valence electrons. The van der Waals surface area contributed by atoms with E-state index in [2.05, 4.69) is 0 Å². The molecule has 3 atom stereocenters. The summed E-state index contributed by atoms with van der Waals surface area (Å²) in [4.78, 5) is 37.6. The van der Waals surface area contributed by atoms with E-state index in [-0.39, 0.29) is 29.9 Å². The fourth-order valence-electron chi connectivity index (χ4n) is 5.39. The van der Waals surface area contributed by atoms with Gasteiger partial charge in [-0.1, -0.05) is 6.92 Å². The topological polar surface area (TPSA) is 73.6 Å². The molecule has 24 heavy (non-hydrogen) atoms. The number of furan rings is 1. The SMILES string of the molecule is CC12COC(=O)c3coc(c31)C(=O)C1=C2CCC2(C)C(=O)CCC12. The first kappa shape index (κ1) is 14.2. The number of Topliss-reactive ketones (excluding diaryl/α,β-unsaturated/α-hetero) is 2. The summed E-state index contributed by atoms with van der Waals surface area (Å²) in [6, 6.07) is 0. The van der Waals surface area contributed by atoms with Crippen molar-refractivity contribution in [3.63, 3.8) is 0 Å². The summed E-state index contributed by atoms with van der Waals surface area (Å²) in [7, 11) is 0. The molecule has 0 N–H and O–H groups in total. The predicted octanol–water partition coefficient (Wildman–Crippen LogP) is 2.98. The molecule has 0 aromatic carbocycles. The molecule has 3 unspecified atom stereocenters. The number of carbonyl (C=O) groups excluding carboxylic acids is 3. The van der Waals surface area contributed by atoms with Gasteiger partial charge in [-0.05, 0) is 31.8 Å². The van der Waals surface area contributed by atoms with Gasteiger partial charge in [-0.25, -0.2) is 4.79 Å². The van der Waals surface area contributed by atoms with Gasteiger partial charge in [0.05, 0.1) is 5.41 Å². The van der Waals surface area contributed by atoms with E-state index in [0.29, 0.717) is 24.0 Å². The average Bonchev–Trinajstić information content (AvgIpc) is 3.13. The minimum atomic E-state index is -0.512. The van der Waals surface area contributed by atoms with Crippen LogP contribution in [-0.2, 0) is 14.9 Å². The highest BCUT2D eigenvalue weighted by molar-refractivity contribution is 6.14. The van der Waals surface area contributed by atoms with Gasteiger partial charge in [-0.2, -0.15) is 0 Å². The largest absolute Gasteiger partial charge is 0.461 e. The van der Waals surface area contributed by atoms with Crippen LogP contribution in [0.4, 0.5) is 0 Å². The van der Waals surface area contributed by atoms with E-state index < -0.39 is 16.8 Å². The van der Waals surface area contributed by atoms with Crippen LogP contribution < -0.4 is 0 Å². The molecular formula is C19H18O5. The second-order valence-electron chi connectivity index (χ2n) is 7.91. The molecule has 5 nitrogen and oxygen atoms in total. The number of fused-ring (bicyclic) bond motifs is 3. The van der Waals surface area contributed by atoms with Crippen LogP contribution in [0.5, 0.6) is 0 Å². The number of carbonyl (C=O) groups is 3. The van der Waals surface area contributed by atoms with Gasteiger partial charge in [0.2, 0.25) is 5.78 Å². The van der Waals surface area contributed by atoms with Gasteiger partial charge in [0.1, 0.15) is 24.2 Å². The van der Waals surface area contributed by atoms with Gasteiger partial charge < -0.3 is 9.15 Å². The third kappa shape index (κ3) is 1.36.